The fourth-order valence-electron chi connectivity index (χ4n) is 1.66. The fourth-order valence-corrected chi connectivity index (χ4v) is 1.66. The third-order valence-corrected chi connectivity index (χ3v) is 2.85. The smallest absolute Gasteiger partial charge is 0.0463 e. The van der Waals surface area contributed by atoms with E-state index in [1.807, 2.05) is 0 Å². The Morgan fingerprint density at radius 2 is 2.25 bits per heavy atom. The van der Waals surface area contributed by atoms with Crippen LogP contribution in [0.3, 0.4) is 0 Å². The molecule has 0 heterocycles. The average molecular weight is 168 g/mol. The molecule has 70 valence electrons. The van der Waals surface area contributed by atoms with Crippen molar-refractivity contribution >= 4 is 0 Å². The molecule has 4 N–H and O–H groups in total. The van der Waals surface area contributed by atoms with Crippen molar-refractivity contribution in [2.45, 2.75) is 32.2 Å². The molecule has 0 aromatic carbocycles. The van der Waals surface area contributed by atoms with Gasteiger partial charge in [0.15, 0.2) is 0 Å². The minimum Gasteiger partial charge on any atom is -0.328 e. The summed E-state index contributed by atoms with van der Waals surface area (Å²) in [6, 6.07) is 0. The lowest BCUT2D eigenvalue weighted by atomic mass is 9.79. The molecule has 2 heteroatoms. The van der Waals surface area contributed by atoms with Crippen LogP contribution in [0.15, 0.2) is 12.2 Å². The van der Waals surface area contributed by atoms with Crippen molar-refractivity contribution in [2.75, 3.05) is 6.54 Å². The van der Waals surface area contributed by atoms with Crippen molar-refractivity contribution in [2.24, 2.45) is 23.3 Å². The van der Waals surface area contributed by atoms with E-state index in [1.54, 1.807) is 0 Å². The van der Waals surface area contributed by atoms with Crippen LogP contribution in [0.2, 0.25) is 0 Å². The Kier molecular flexibility index (Phi) is 2.91. The summed E-state index contributed by atoms with van der Waals surface area (Å²) in [7, 11) is 0. The van der Waals surface area contributed by atoms with Gasteiger partial charge in [0.2, 0.25) is 0 Å². The molecule has 0 saturated heterocycles. The summed E-state index contributed by atoms with van der Waals surface area (Å²) in [5.41, 5.74) is 11.4. The Morgan fingerprint density at radius 1 is 1.58 bits per heavy atom. The quantitative estimate of drug-likeness (QED) is 0.610. The van der Waals surface area contributed by atoms with Gasteiger partial charge in [-0.2, -0.15) is 0 Å². The second-order valence-electron chi connectivity index (χ2n) is 4.24. The molecule has 12 heavy (non-hydrogen) atoms. The minimum atomic E-state index is -0.217. The van der Waals surface area contributed by atoms with Gasteiger partial charge in [-0.15, -0.1) is 0 Å². The molecular formula is C10H20N2. The van der Waals surface area contributed by atoms with Gasteiger partial charge in [0.25, 0.3) is 0 Å². The van der Waals surface area contributed by atoms with Crippen molar-refractivity contribution in [3.05, 3.63) is 12.2 Å². The van der Waals surface area contributed by atoms with Gasteiger partial charge < -0.3 is 11.5 Å². The highest BCUT2D eigenvalue weighted by atomic mass is 14.8. The molecule has 1 aliphatic rings. The van der Waals surface area contributed by atoms with Crippen molar-refractivity contribution in [3.8, 4) is 0 Å². The predicted octanol–water partition coefficient (Wildman–Crippen LogP) is 1.26. The van der Waals surface area contributed by atoms with Crippen LogP contribution >= 0.6 is 0 Å². The largest absolute Gasteiger partial charge is 0.328 e. The summed E-state index contributed by atoms with van der Waals surface area (Å²) in [5.74, 6) is 1.43. The number of hydrogen-bond donors (Lipinski definition) is 2. The van der Waals surface area contributed by atoms with Crippen LogP contribution in [0.1, 0.15) is 26.7 Å². The van der Waals surface area contributed by atoms with Gasteiger partial charge in [-0.25, -0.2) is 0 Å². The lowest BCUT2D eigenvalue weighted by Gasteiger charge is -2.32. The Labute approximate surface area is 75.0 Å². The van der Waals surface area contributed by atoms with E-state index in [-0.39, 0.29) is 5.54 Å². The first kappa shape index (κ1) is 9.75. The topological polar surface area (TPSA) is 52.0 Å². The first-order valence-electron chi connectivity index (χ1n) is 4.76. The summed E-state index contributed by atoms with van der Waals surface area (Å²) < 4.78 is 0. The third kappa shape index (κ3) is 2.08. The maximum absolute atomic E-state index is 6.01. The summed E-state index contributed by atoms with van der Waals surface area (Å²) in [6.07, 6.45) is 6.55. The van der Waals surface area contributed by atoms with Crippen molar-refractivity contribution < 1.29 is 0 Å². The molecule has 2 unspecified atom stereocenters. The fraction of sp³-hybridized carbons (Fsp3) is 0.800. The van der Waals surface area contributed by atoms with E-state index in [2.05, 4.69) is 26.0 Å². The minimum absolute atomic E-state index is 0.217. The standard InChI is InChI=1S/C10H20N2/c1-8(2)9-3-5-10(12,7-11)6-4-9/h3,5,8-9H,4,6-7,11-12H2,1-2H3. The lowest BCUT2D eigenvalue weighted by molar-refractivity contribution is 0.349. The van der Waals surface area contributed by atoms with E-state index in [0.29, 0.717) is 12.5 Å². The van der Waals surface area contributed by atoms with Crippen molar-refractivity contribution in [3.63, 3.8) is 0 Å². The summed E-state index contributed by atoms with van der Waals surface area (Å²) in [5, 5.41) is 0. The molecular weight excluding hydrogens is 148 g/mol. The molecule has 1 rings (SSSR count). The van der Waals surface area contributed by atoms with Crippen LogP contribution in [0, 0.1) is 11.8 Å². The van der Waals surface area contributed by atoms with Crippen LogP contribution < -0.4 is 11.5 Å². The van der Waals surface area contributed by atoms with Crippen LogP contribution in [0.25, 0.3) is 0 Å². The highest BCUT2D eigenvalue weighted by molar-refractivity contribution is 5.11. The van der Waals surface area contributed by atoms with Crippen LogP contribution in [-0.4, -0.2) is 12.1 Å². The summed E-state index contributed by atoms with van der Waals surface area (Å²) >= 11 is 0. The second kappa shape index (κ2) is 3.58. The average Bonchev–Trinajstić information content (AvgIpc) is 2.05. The molecule has 2 atom stereocenters. The number of allylic oxidation sites excluding steroid dienone is 1. The molecule has 0 bridgehead atoms. The van der Waals surface area contributed by atoms with Gasteiger partial charge in [0, 0.05) is 12.1 Å². The molecule has 0 radical (unpaired) electrons. The molecule has 0 aromatic heterocycles. The molecule has 0 saturated carbocycles. The van der Waals surface area contributed by atoms with Gasteiger partial charge in [0.1, 0.15) is 0 Å². The lowest BCUT2D eigenvalue weighted by Crippen LogP contribution is -2.47. The maximum atomic E-state index is 6.01. The molecule has 2 nitrogen and oxygen atoms in total. The normalized spacial score (nSPS) is 35.9. The highest BCUT2D eigenvalue weighted by Gasteiger charge is 2.26. The van der Waals surface area contributed by atoms with E-state index >= 15 is 0 Å². The highest BCUT2D eigenvalue weighted by Crippen LogP contribution is 2.27. The Bertz CT molecular complexity index is 175. The molecule has 1 aliphatic carbocycles. The van der Waals surface area contributed by atoms with Crippen LogP contribution in [-0.2, 0) is 0 Å². The van der Waals surface area contributed by atoms with E-state index < -0.39 is 0 Å². The second-order valence-corrected chi connectivity index (χ2v) is 4.24. The molecule has 0 spiro atoms. The third-order valence-electron chi connectivity index (χ3n) is 2.85. The van der Waals surface area contributed by atoms with E-state index in [4.69, 9.17) is 11.5 Å². The zero-order valence-electron chi connectivity index (χ0n) is 8.09. The molecule has 0 amide bonds. The van der Waals surface area contributed by atoms with Gasteiger partial charge in [-0.3, -0.25) is 0 Å². The van der Waals surface area contributed by atoms with Crippen LogP contribution in [0.5, 0.6) is 0 Å². The monoisotopic (exact) mass is 168 g/mol. The van der Waals surface area contributed by atoms with Gasteiger partial charge in [-0.1, -0.05) is 26.0 Å². The van der Waals surface area contributed by atoms with E-state index in [9.17, 15) is 0 Å². The first-order chi connectivity index (χ1) is 5.57. The number of hydrogen-bond acceptors (Lipinski definition) is 2. The molecule has 0 fully saturated rings. The Balaban J connectivity index is 2.58. The van der Waals surface area contributed by atoms with Gasteiger partial charge in [-0.05, 0) is 24.7 Å². The van der Waals surface area contributed by atoms with Crippen LogP contribution in [0.4, 0.5) is 0 Å². The zero-order valence-corrected chi connectivity index (χ0v) is 8.09. The number of nitrogens with two attached hydrogens (primary N) is 2. The summed E-state index contributed by atoms with van der Waals surface area (Å²) in [4.78, 5) is 0. The van der Waals surface area contributed by atoms with Gasteiger partial charge in [0.05, 0.1) is 0 Å². The SMILES string of the molecule is CC(C)C1C=CC(N)(CN)CC1. The molecule has 0 aliphatic heterocycles. The van der Waals surface area contributed by atoms with Crippen molar-refractivity contribution in [1.82, 2.24) is 0 Å². The van der Waals surface area contributed by atoms with E-state index in [1.165, 1.54) is 6.42 Å². The Hall–Kier alpha value is -0.340. The predicted molar refractivity (Wildman–Crippen MR) is 52.7 cm³/mol. The van der Waals surface area contributed by atoms with E-state index in [0.717, 1.165) is 12.3 Å². The maximum Gasteiger partial charge on any atom is 0.0463 e. The number of rotatable bonds is 2. The first-order valence-corrected chi connectivity index (χ1v) is 4.76. The molecule has 0 aromatic rings. The zero-order chi connectivity index (χ0) is 9.19. The van der Waals surface area contributed by atoms with Gasteiger partial charge >= 0.3 is 0 Å². The summed E-state index contributed by atoms with van der Waals surface area (Å²) in [6.45, 7) is 5.07. The van der Waals surface area contributed by atoms with Crippen molar-refractivity contribution in [1.29, 1.82) is 0 Å². The Morgan fingerprint density at radius 3 is 2.58 bits per heavy atom.